The summed E-state index contributed by atoms with van der Waals surface area (Å²) in [4.78, 5) is 17.6. The van der Waals surface area contributed by atoms with Gasteiger partial charge in [0.2, 0.25) is 5.91 Å². The van der Waals surface area contributed by atoms with E-state index in [2.05, 4.69) is 22.5 Å². The number of hydrogen-bond acceptors (Lipinski definition) is 4. The molecule has 0 spiro atoms. The van der Waals surface area contributed by atoms with E-state index in [9.17, 15) is 4.79 Å². The van der Waals surface area contributed by atoms with Crippen LogP contribution >= 0.6 is 0 Å². The molecule has 1 aromatic rings. The molecule has 0 fully saturated rings. The topological polar surface area (TPSA) is 57.3 Å². The number of carbonyl (C=O) groups excluding carboxylic acids is 1. The lowest BCUT2D eigenvalue weighted by molar-refractivity contribution is -0.119. The van der Waals surface area contributed by atoms with E-state index in [-0.39, 0.29) is 5.91 Å². The predicted octanol–water partition coefficient (Wildman–Crippen LogP) is 1.48. The van der Waals surface area contributed by atoms with Crippen LogP contribution in [0.5, 0.6) is 0 Å². The smallest absolute Gasteiger partial charge is 0.239 e. The van der Waals surface area contributed by atoms with Gasteiger partial charge in [-0.05, 0) is 19.4 Å². The van der Waals surface area contributed by atoms with Gasteiger partial charge in [-0.3, -0.25) is 9.78 Å². The minimum atomic E-state index is 0.0203. The number of anilines is 2. The first kappa shape index (κ1) is 14.3. The Morgan fingerprint density at radius 3 is 2.83 bits per heavy atom. The van der Waals surface area contributed by atoms with Crippen molar-refractivity contribution in [2.45, 2.75) is 20.3 Å². The summed E-state index contributed by atoms with van der Waals surface area (Å²) in [5, 5.41) is 6.06. The summed E-state index contributed by atoms with van der Waals surface area (Å²) >= 11 is 0. The molecule has 0 bridgehead atoms. The SMILES string of the molecule is CCCNc1cncc(N(C)CC(=O)NCC)c1. The molecule has 18 heavy (non-hydrogen) atoms. The molecule has 0 aliphatic carbocycles. The van der Waals surface area contributed by atoms with Gasteiger partial charge in [0.15, 0.2) is 0 Å². The van der Waals surface area contributed by atoms with Crippen LogP contribution in [-0.2, 0) is 4.79 Å². The van der Waals surface area contributed by atoms with Crippen molar-refractivity contribution in [3.63, 3.8) is 0 Å². The third-order valence-corrected chi connectivity index (χ3v) is 2.50. The summed E-state index contributed by atoms with van der Waals surface area (Å²) in [5.41, 5.74) is 1.92. The maximum absolute atomic E-state index is 11.5. The van der Waals surface area contributed by atoms with E-state index in [1.165, 1.54) is 0 Å². The minimum Gasteiger partial charge on any atom is -0.384 e. The fraction of sp³-hybridized carbons (Fsp3) is 0.538. The summed E-state index contributed by atoms with van der Waals surface area (Å²) in [5.74, 6) is 0.0203. The highest BCUT2D eigenvalue weighted by molar-refractivity contribution is 5.81. The molecule has 0 aliphatic rings. The second kappa shape index (κ2) is 7.53. The second-order valence-corrected chi connectivity index (χ2v) is 4.17. The first-order valence-electron chi connectivity index (χ1n) is 6.34. The van der Waals surface area contributed by atoms with Crippen molar-refractivity contribution in [3.05, 3.63) is 18.5 Å². The maximum Gasteiger partial charge on any atom is 0.239 e. The molecule has 5 nitrogen and oxygen atoms in total. The number of pyridine rings is 1. The summed E-state index contributed by atoms with van der Waals surface area (Å²) in [7, 11) is 1.88. The number of nitrogens with one attached hydrogen (secondary N) is 2. The molecule has 0 saturated heterocycles. The molecule has 0 unspecified atom stereocenters. The Labute approximate surface area is 109 Å². The molecule has 100 valence electrons. The summed E-state index contributed by atoms with van der Waals surface area (Å²) in [6.45, 7) is 5.95. The van der Waals surface area contributed by atoms with E-state index in [1.54, 1.807) is 12.4 Å². The quantitative estimate of drug-likeness (QED) is 0.769. The van der Waals surface area contributed by atoms with Gasteiger partial charge in [0.1, 0.15) is 0 Å². The Kier molecular flexibility index (Phi) is 5.97. The number of aromatic nitrogens is 1. The van der Waals surface area contributed by atoms with Crippen molar-refractivity contribution < 1.29 is 4.79 Å². The lowest BCUT2D eigenvalue weighted by Crippen LogP contribution is -2.35. The van der Waals surface area contributed by atoms with Crippen LogP contribution in [0.4, 0.5) is 11.4 Å². The van der Waals surface area contributed by atoms with Crippen molar-refractivity contribution in [3.8, 4) is 0 Å². The predicted molar refractivity (Wildman–Crippen MR) is 75.0 cm³/mol. The highest BCUT2D eigenvalue weighted by Gasteiger charge is 2.07. The van der Waals surface area contributed by atoms with Gasteiger partial charge in [-0.2, -0.15) is 0 Å². The Balaban J connectivity index is 2.61. The van der Waals surface area contributed by atoms with Gasteiger partial charge in [0.05, 0.1) is 30.3 Å². The Bertz CT molecular complexity index is 381. The van der Waals surface area contributed by atoms with Crippen LogP contribution in [0.15, 0.2) is 18.5 Å². The van der Waals surface area contributed by atoms with Gasteiger partial charge in [0.25, 0.3) is 0 Å². The highest BCUT2D eigenvalue weighted by Crippen LogP contribution is 2.16. The van der Waals surface area contributed by atoms with E-state index in [0.717, 1.165) is 24.3 Å². The van der Waals surface area contributed by atoms with Gasteiger partial charge >= 0.3 is 0 Å². The number of likely N-dealkylation sites (N-methyl/N-ethyl adjacent to an activating group) is 2. The zero-order valence-electron chi connectivity index (χ0n) is 11.4. The molecule has 0 aromatic carbocycles. The van der Waals surface area contributed by atoms with Gasteiger partial charge < -0.3 is 15.5 Å². The van der Waals surface area contributed by atoms with Crippen molar-refractivity contribution >= 4 is 17.3 Å². The van der Waals surface area contributed by atoms with Gasteiger partial charge in [0, 0.05) is 20.1 Å². The summed E-state index contributed by atoms with van der Waals surface area (Å²) < 4.78 is 0. The van der Waals surface area contributed by atoms with Crippen LogP contribution in [0, 0.1) is 0 Å². The van der Waals surface area contributed by atoms with E-state index < -0.39 is 0 Å². The lowest BCUT2D eigenvalue weighted by Gasteiger charge is -2.19. The van der Waals surface area contributed by atoms with Crippen molar-refractivity contribution in [1.82, 2.24) is 10.3 Å². The van der Waals surface area contributed by atoms with Crippen molar-refractivity contribution in [2.24, 2.45) is 0 Å². The van der Waals surface area contributed by atoms with Gasteiger partial charge in [-0.15, -0.1) is 0 Å². The molecule has 1 heterocycles. The van der Waals surface area contributed by atoms with Crippen LogP contribution in [0.1, 0.15) is 20.3 Å². The molecule has 1 aromatic heterocycles. The molecular formula is C13H22N4O. The fourth-order valence-corrected chi connectivity index (χ4v) is 1.56. The maximum atomic E-state index is 11.5. The number of nitrogens with zero attached hydrogens (tertiary/aromatic N) is 2. The van der Waals surface area contributed by atoms with E-state index >= 15 is 0 Å². The highest BCUT2D eigenvalue weighted by atomic mass is 16.2. The summed E-state index contributed by atoms with van der Waals surface area (Å²) in [6.07, 6.45) is 4.62. The minimum absolute atomic E-state index is 0.0203. The number of rotatable bonds is 7. The Morgan fingerprint density at radius 2 is 2.17 bits per heavy atom. The molecule has 1 amide bonds. The van der Waals surface area contributed by atoms with Crippen LogP contribution in [-0.4, -0.2) is 37.6 Å². The molecule has 0 aliphatic heterocycles. The third kappa shape index (κ3) is 4.61. The molecule has 2 N–H and O–H groups in total. The van der Waals surface area contributed by atoms with E-state index in [0.29, 0.717) is 13.1 Å². The van der Waals surface area contributed by atoms with Gasteiger partial charge in [-0.25, -0.2) is 0 Å². The van der Waals surface area contributed by atoms with Crippen LogP contribution in [0.3, 0.4) is 0 Å². The zero-order chi connectivity index (χ0) is 13.4. The zero-order valence-corrected chi connectivity index (χ0v) is 11.4. The molecule has 0 radical (unpaired) electrons. The first-order valence-corrected chi connectivity index (χ1v) is 6.34. The second-order valence-electron chi connectivity index (χ2n) is 4.17. The van der Waals surface area contributed by atoms with E-state index in [4.69, 9.17) is 0 Å². The third-order valence-electron chi connectivity index (χ3n) is 2.50. The molecule has 5 heteroatoms. The molecule has 0 saturated carbocycles. The molecule has 1 rings (SSSR count). The number of carbonyl (C=O) groups is 1. The van der Waals surface area contributed by atoms with Crippen molar-refractivity contribution in [1.29, 1.82) is 0 Å². The first-order chi connectivity index (χ1) is 8.67. The van der Waals surface area contributed by atoms with Crippen LogP contribution in [0.25, 0.3) is 0 Å². The normalized spacial score (nSPS) is 9.94. The van der Waals surface area contributed by atoms with E-state index in [1.807, 2.05) is 24.9 Å². The fourth-order valence-electron chi connectivity index (χ4n) is 1.56. The number of hydrogen-bond donors (Lipinski definition) is 2. The standard InChI is InChI=1S/C13H22N4O/c1-4-6-16-11-7-12(9-14-8-11)17(3)10-13(18)15-5-2/h7-9,16H,4-6,10H2,1-3H3,(H,15,18). The largest absolute Gasteiger partial charge is 0.384 e. The Hall–Kier alpha value is -1.78. The monoisotopic (exact) mass is 250 g/mol. The molecular weight excluding hydrogens is 228 g/mol. The molecule has 0 atom stereocenters. The van der Waals surface area contributed by atoms with Crippen LogP contribution < -0.4 is 15.5 Å². The average molecular weight is 250 g/mol. The number of amides is 1. The Morgan fingerprint density at radius 1 is 1.39 bits per heavy atom. The van der Waals surface area contributed by atoms with Crippen LogP contribution in [0.2, 0.25) is 0 Å². The average Bonchev–Trinajstić information content (AvgIpc) is 2.37. The lowest BCUT2D eigenvalue weighted by atomic mass is 10.3. The summed E-state index contributed by atoms with van der Waals surface area (Å²) in [6, 6.07) is 2.00. The van der Waals surface area contributed by atoms with Gasteiger partial charge in [-0.1, -0.05) is 6.92 Å². The van der Waals surface area contributed by atoms with Crippen molar-refractivity contribution in [2.75, 3.05) is 36.9 Å².